The fourth-order valence-corrected chi connectivity index (χ4v) is 2.06. The lowest BCUT2D eigenvalue weighted by Crippen LogP contribution is -1.86. The summed E-state index contributed by atoms with van der Waals surface area (Å²) in [5, 5.41) is 13.8. The van der Waals surface area contributed by atoms with Gasteiger partial charge in [-0.25, -0.2) is 9.50 Å². The molecule has 0 atom stereocenters. The lowest BCUT2D eigenvalue weighted by Gasteiger charge is -1.94. The number of nitrogens with zero attached hydrogens (tertiary/aromatic N) is 3. The Morgan fingerprint density at radius 2 is 2.06 bits per heavy atom. The van der Waals surface area contributed by atoms with Crippen molar-refractivity contribution in [3.05, 3.63) is 47.1 Å². The van der Waals surface area contributed by atoms with Crippen molar-refractivity contribution in [1.29, 1.82) is 0 Å². The molecule has 0 bridgehead atoms. The zero-order valence-corrected chi connectivity index (χ0v) is 10.3. The van der Waals surface area contributed by atoms with E-state index in [1.807, 2.05) is 24.4 Å². The molecule has 0 amide bonds. The third-order valence-electron chi connectivity index (χ3n) is 2.42. The zero-order chi connectivity index (χ0) is 11.8. The normalized spacial score (nSPS) is 10.9. The molecule has 84 valence electrons. The summed E-state index contributed by atoms with van der Waals surface area (Å²) in [6, 6.07) is 10.7. The Labute approximate surface area is 106 Å². The fourth-order valence-electron chi connectivity index (χ4n) is 1.64. The van der Waals surface area contributed by atoms with Crippen molar-refractivity contribution < 1.29 is 5.11 Å². The number of phenols is 1. The lowest BCUT2D eigenvalue weighted by molar-refractivity contribution is 0.475. The summed E-state index contributed by atoms with van der Waals surface area (Å²) in [6.45, 7) is 0. The van der Waals surface area contributed by atoms with Gasteiger partial charge in [-0.3, -0.25) is 0 Å². The highest BCUT2D eigenvalue weighted by atomic mass is 79.9. The molecular formula is C12H8BrN3O. The van der Waals surface area contributed by atoms with E-state index in [-0.39, 0.29) is 5.75 Å². The van der Waals surface area contributed by atoms with Gasteiger partial charge in [0.1, 0.15) is 5.75 Å². The monoisotopic (exact) mass is 289 g/mol. The van der Waals surface area contributed by atoms with Crippen molar-refractivity contribution in [3.63, 3.8) is 0 Å². The van der Waals surface area contributed by atoms with Crippen LogP contribution in [-0.4, -0.2) is 19.7 Å². The highest BCUT2D eigenvalue weighted by molar-refractivity contribution is 9.10. The number of aromatic hydroxyl groups is 1. The van der Waals surface area contributed by atoms with E-state index in [2.05, 4.69) is 26.0 Å². The largest absolute Gasteiger partial charge is 0.508 e. The van der Waals surface area contributed by atoms with Gasteiger partial charge in [-0.15, -0.1) is 5.10 Å². The van der Waals surface area contributed by atoms with Crippen LogP contribution in [0.15, 0.2) is 47.1 Å². The smallest absolute Gasteiger partial charge is 0.182 e. The summed E-state index contributed by atoms with van der Waals surface area (Å²) < 4.78 is 2.59. The van der Waals surface area contributed by atoms with Crippen molar-refractivity contribution >= 4 is 21.6 Å². The van der Waals surface area contributed by atoms with E-state index < -0.39 is 0 Å². The van der Waals surface area contributed by atoms with E-state index in [0.29, 0.717) is 5.82 Å². The van der Waals surface area contributed by atoms with E-state index in [9.17, 15) is 5.11 Å². The molecule has 0 aliphatic heterocycles. The molecule has 1 aromatic carbocycles. The molecule has 0 spiro atoms. The average molecular weight is 290 g/mol. The number of benzene rings is 1. The molecule has 1 N–H and O–H groups in total. The van der Waals surface area contributed by atoms with Gasteiger partial charge in [0.05, 0.1) is 4.47 Å². The van der Waals surface area contributed by atoms with Gasteiger partial charge in [-0.05, 0) is 40.2 Å². The van der Waals surface area contributed by atoms with Crippen LogP contribution in [-0.2, 0) is 0 Å². The number of phenolic OH excluding ortho intramolecular Hbond substituents is 1. The number of hydrogen-bond donors (Lipinski definition) is 1. The van der Waals surface area contributed by atoms with Gasteiger partial charge in [0.15, 0.2) is 11.5 Å². The topological polar surface area (TPSA) is 50.4 Å². The van der Waals surface area contributed by atoms with Crippen LogP contribution in [0.1, 0.15) is 0 Å². The van der Waals surface area contributed by atoms with Crippen molar-refractivity contribution in [2.24, 2.45) is 0 Å². The highest BCUT2D eigenvalue weighted by Gasteiger charge is 2.08. The number of pyridine rings is 1. The Morgan fingerprint density at radius 1 is 1.18 bits per heavy atom. The van der Waals surface area contributed by atoms with Gasteiger partial charge in [0, 0.05) is 11.8 Å². The Hall–Kier alpha value is -1.88. The molecule has 17 heavy (non-hydrogen) atoms. The molecular weight excluding hydrogens is 282 g/mol. The molecule has 2 heterocycles. The fraction of sp³-hybridized carbons (Fsp3) is 0. The molecule has 0 saturated carbocycles. The molecule has 0 saturated heterocycles. The molecule has 0 fully saturated rings. The number of aromatic nitrogens is 3. The first kappa shape index (κ1) is 10.3. The average Bonchev–Trinajstić information content (AvgIpc) is 2.74. The van der Waals surface area contributed by atoms with E-state index in [0.717, 1.165) is 15.7 Å². The first-order valence-electron chi connectivity index (χ1n) is 5.04. The van der Waals surface area contributed by atoms with Gasteiger partial charge in [-0.2, -0.15) is 0 Å². The van der Waals surface area contributed by atoms with Crippen molar-refractivity contribution in [2.75, 3.05) is 0 Å². The number of hydrogen-bond acceptors (Lipinski definition) is 3. The maximum Gasteiger partial charge on any atom is 0.182 e. The minimum atomic E-state index is 0.209. The second kappa shape index (κ2) is 3.85. The Kier molecular flexibility index (Phi) is 2.33. The second-order valence-corrected chi connectivity index (χ2v) is 4.46. The van der Waals surface area contributed by atoms with Gasteiger partial charge in [0.25, 0.3) is 0 Å². The third-order valence-corrected chi connectivity index (χ3v) is 3.04. The minimum Gasteiger partial charge on any atom is -0.508 e. The molecule has 5 heteroatoms. The lowest BCUT2D eigenvalue weighted by atomic mass is 10.2. The summed E-state index contributed by atoms with van der Waals surface area (Å²) >= 11 is 3.42. The minimum absolute atomic E-state index is 0.209. The van der Waals surface area contributed by atoms with Crippen LogP contribution in [0.3, 0.4) is 0 Å². The highest BCUT2D eigenvalue weighted by Crippen LogP contribution is 2.23. The number of rotatable bonds is 1. The van der Waals surface area contributed by atoms with Crippen LogP contribution >= 0.6 is 15.9 Å². The number of fused-ring (bicyclic) bond motifs is 1. The summed E-state index contributed by atoms with van der Waals surface area (Å²) in [4.78, 5) is 4.42. The molecule has 4 nitrogen and oxygen atoms in total. The first-order chi connectivity index (χ1) is 8.24. The van der Waals surface area contributed by atoms with Crippen LogP contribution in [0.25, 0.3) is 17.0 Å². The second-order valence-electron chi connectivity index (χ2n) is 3.61. The van der Waals surface area contributed by atoms with Gasteiger partial charge in [-0.1, -0.05) is 12.1 Å². The van der Waals surface area contributed by atoms with Crippen molar-refractivity contribution in [2.45, 2.75) is 0 Å². The summed E-state index contributed by atoms with van der Waals surface area (Å²) in [5.41, 5.74) is 1.55. The zero-order valence-electron chi connectivity index (χ0n) is 8.71. The van der Waals surface area contributed by atoms with Crippen molar-refractivity contribution in [3.8, 4) is 17.1 Å². The van der Waals surface area contributed by atoms with Crippen LogP contribution in [0.5, 0.6) is 5.75 Å². The maximum absolute atomic E-state index is 9.43. The molecule has 2 aromatic heterocycles. The molecule has 0 unspecified atom stereocenters. The van der Waals surface area contributed by atoms with Crippen LogP contribution in [0.2, 0.25) is 0 Å². The molecule has 0 aliphatic carbocycles. The van der Waals surface area contributed by atoms with E-state index in [1.165, 1.54) is 0 Å². The van der Waals surface area contributed by atoms with Gasteiger partial charge < -0.3 is 5.11 Å². The summed E-state index contributed by atoms with van der Waals surface area (Å²) in [5.74, 6) is 0.799. The summed E-state index contributed by atoms with van der Waals surface area (Å²) in [7, 11) is 0. The molecule has 0 radical (unpaired) electrons. The maximum atomic E-state index is 9.43. The number of halogens is 1. The molecule has 3 aromatic rings. The Morgan fingerprint density at radius 3 is 2.82 bits per heavy atom. The predicted molar refractivity (Wildman–Crippen MR) is 67.8 cm³/mol. The first-order valence-corrected chi connectivity index (χ1v) is 5.83. The van der Waals surface area contributed by atoms with Crippen LogP contribution in [0.4, 0.5) is 0 Å². The Bertz CT molecular complexity index is 693. The third kappa shape index (κ3) is 1.78. The van der Waals surface area contributed by atoms with E-state index in [1.54, 1.807) is 22.7 Å². The van der Waals surface area contributed by atoms with Gasteiger partial charge in [0.2, 0.25) is 0 Å². The SMILES string of the molecule is Oc1cccc(-c2nc3c(Br)cccn3n2)c1. The van der Waals surface area contributed by atoms with E-state index in [4.69, 9.17) is 0 Å². The quantitative estimate of drug-likeness (QED) is 0.749. The van der Waals surface area contributed by atoms with Gasteiger partial charge >= 0.3 is 0 Å². The Balaban J connectivity index is 2.22. The van der Waals surface area contributed by atoms with Crippen LogP contribution in [0, 0.1) is 0 Å². The predicted octanol–water partition coefficient (Wildman–Crippen LogP) is 2.86. The summed E-state index contributed by atoms with van der Waals surface area (Å²) in [6.07, 6.45) is 1.83. The molecule has 3 rings (SSSR count). The van der Waals surface area contributed by atoms with Crippen molar-refractivity contribution in [1.82, 2.24) is 14.6 Å². The standard InChI is InChI=1S/C12H8BrN3O/c13-10-5-2-6-16-12(10)14-11(15-16)8-3-1-4-9(17)7-8/h1-7,17H. The van der Waals surface area contributed by atoms with E-state index >= 15 is 0 Å². The molecule has 0 aliphatic rings. The van der Waals surface area contributed by atoms with Crippen LogP contribution < -0.4 is 0 Å².